The molecule has 16 heavy (non-hydrogen) atoms. The molecule has 0 radical (unpaired) electrons. The fraction of sp³-hybridized carbons (Fsp3) is 0.0833. The molecule has 0 saturated heterocycles. The summed E-state index contributed by atoms with van der Waals surface area (Å²) in [5, 5.41) is 0.534. The van der Waals surface area contributed by atoms with Crippen molar-refractivity contribution in [1.29, 1.82) is 0 Å². The monoisotopic (exact) mass is 230 g/mol. The van der Waals surface area contributed by atoms with Gasteiger partial charge in [0.1, 0.15) is 0 Å². The molecule has 3 rings (SSSR count). The lowest BCUT2D eigenvalue weighted by molar-refractivity contribution is 0.100. The normalized spacial score (nSPS) is 12.2. The lowest BCUT2D eigenvalue weighted by Crippen LogP contribution is -2.12. The molecule has 1 aromatic heterocycles. The summed E-state index contributed by atoms with van der Waals surface area (Å²) in [7, 11) is 0. The highest BCUT2D eigenvalue weighted by molar-refractivity contribution is 7.17. The van der Waals surface area contributed by atoms with Crippen LogP contribution in [0.3, 0.4) is 0 Å². The summed E-state index contributed by atoms with van der Waals surface area (Å²) >= 11 is 1.47. The summed E-state index contributed by atoms with van der Waals surface area (Å²) in [5.74, 6) is -0.438. The van der Waals surface area contributed by atoms with Gasteiger partial charge < -0.3 is 11.5 Å². The molecule has 1 aliphatic carbocycles. The third kappa shape index (κ3) is 1.10. The molecular formula is C12H10N2OS. The van der Waals surface area contributed by atoms with Gasteiger partial charge in [0.05, 0.1) is 10.6 Å². The highest BCUT2D eigenvalue weighted by atomic mass is 32.1. The fourth-order valence-corrected chi connectivity index (χ4v) is 3.35. The van der Waals surface area contributed by atoms with E-state index in [0.29, 0.717) is 10.6 Å². The highest BCUT2D eigenvalue weighted by Crippen LogP contribution is 2.45. The molecule has 1 aromatic carbocycles. The summed E-state index contributed by atoms with van der Waals surface area (Å²) in [6.07, 6.45) is 0.855. The molecule has 0 unspecified atom stereocenters. The Kier molecular flexibility index (Phi) is 1.82. The number of anilines is 1. The van der Waals surface area contributed by atoms with Crippen LogP contribution in [0.5, 0.6) is 0 Å². The van der Waals surface area contributed by atoms with Crippen molar-refractivity contribution in [3.63, 3.8) is 0 Å². The second kappa shape index (κ2) is 3.09. The van der Waals surface area contributed by atoms with Crippen LogP contribution < -0.4 is 11.5 Å². The van der Waals surface area contributed by atoms with Crippen LogP contribution in [0, 0.1) is 0 Å². The lowest BCUT2D eigenvalue weighted by Gasteiger charge is -2.01. The van der Waals surface area contributed by atoms with Crippen molar-refractivity contribution in [1.82, 2.24) is 0 Å². The Balaban J connectivity index is 2.33. The van der Waals surface area contributed by atoms with Crippen molar-refractivity contribution >= 4 is 22.2 Å². The summed E-state index contributed by atoms with van der Waals surface area (Å²) in [6.45, 7) is 0. The second-order valence-corrected chi connectivity index (χ2v) is 4.97. The molecule has 1 aliphatic rings. The largest absolute Gasteiger partial charge is 0.390 e. The van der Waals surface area contributed by atoms with Crippen LogP contribution in [0.4, 0.5) is 5.00 Å². The Morgan fingerprint density at radius 2 is 2.06 bits per heavy atom. The minimum absolute atomic E-state index is 0.438. The van der Waals surface area contributed by atoms with Gasteiger partial charge in [-0.15, -0.1) is 11.3 Å². The third-order valence-corrected chi connectivity index (χ3v) is 3.91. The van der Waals surface area contributed by atoms with Crippen LogP contribution in [0.15, 0.2) is 24.3 Å². The number of primary amides is 1. The van der Waals surface area contributed by atoms with Gasteiger partial charge in [0.25, 0.3) is 5.91 Å². The first-order valence-electron chi connectivity index (χ1n) is 4.97. The van der Waals surface area contributed by atoms with Gasteiger partial charge in [-0.3, -0.25) is 4.79 Å². The molecule has 3 nitrogen and oxygen atoms in total. The Labute approximate surface area is 96.7 Å². The summed E-state index contributed by atoms with van der Waals surface area (Å²) < 4.78 is 0. The van der Waals surface area contributed by atoms with Crippen molar-refractivity contribution in [3.05, 3.63) is 40.3 Å². The molecule has 2 aromatic rings. The maximum atomic E-state index is 11.4. The zero-order valence-electron chi connectivity index (χ0n) is 8.49. The number of hydrogen-bond donors (Lipinski definition) is 2. The first-order valence-corrected chi connectivity index (χ1v) is 5.79. The summed E-state index contributed by atoms with van der Waals surface area (Å²) in [6, 6.07) is 8.05. The number of amides is 1. The van der Waals surface area contributed by atoms with E-state index in [9.17, 15) is 4.79 Å². The van der Waals surface area contributed by atoms with Crippen LogP contribution in [0.1, 0.15) is 20.8 Å². The molecule has 0 atom stereocenters. The van der Waals surface area contributed by atoms with Crippen LogP contribution in [0.25, 0.3) is 11.1 Å². The first-order chi connectivity index (χ1) is 7.68. The first kappa shape index (κ1) is 9.42. The van der Waals surface area contributed by atoms with Crippen LogP contribution in [-0.4, -0.2) is 5.91 Å². The number of rotatable bonds is 1. The molecule has 0 saturated carbocycles. The standard InChI is InChI=1S/C12H10N2OS/c13-11(15)10-9-7-4-2-1-3-6(7)5-8(9)16-12(10)14/h1-4H,5,14H2,(H2,13,15). The van der Waals surface area contributed by atoms with E-state index in [-0.39, 0.29) is 0 Å². The Bertz CT molecular complexity index is 601. The molecular weight excluding hydrogens is 220 g/mol. The fourth-order valence-electron chi connectivity index (χ4n) is 2.24. The summed E-state index contributed by atoms with van der Waals surface area (Å²) in [5.41, 5.74) is 15.0. The van der Waals surface area contributed by atoms with E-state index in [0.717, 1.165) is 22.4 Å². The number of benzene rings is 1. The lowest BCUT2D eigenvalue weighted by atomic mass is 10.0. The molecule has 4 heteroatoms. The van der Waals surface area contributed by atoms with E-state index in [2.05, 4.69) is 6.07 Å². The Hall–Kier alpha value is -1.81. The van der Waals surface area contributed by atoms with Crippen LogP contribution >= 0.6 is 11.3 Å². The van der Waals surface area contributed by atoms with Gasteiger partial charge in [0.2, 0.25) is 0 Å². The number of hydrogen-bond acceptors (Lipinski definition) is 3. The zero-order valence-corrected chi connectivity index (χ0v) is 9.30. The summed E-state index contributed by atoms with van der Waals surface area (Å²) in [4.78, 5) is 12.5. The molecule has 0 spiro atoms. The van der Waals surface area contributed by atoms with Crippen molar-refractivity contribution in [3.8, 4) is 11.1 Å². The van der Waals surface area contributed by atoms with E-state index < -0.39 is 5.91 Å². The Morgan fingerprint density at radius 1 is 1.31 bits per heavy atom. The van der Waals surface area contributed by atoms with Crippen molar-refractivity contribution in [2.75, 3.05) is 5.73 Å². The minimum Gasteiger partial charge on any atom is -0.390 e. The third-order valence-electron chi connectivity index (χ3n) is 2.89. The van der Waals surface area contributed by atoms with E-state index in [1.54, 1.807) is 0 Å². The molecule has 0 bridgehead atoms. The predicted octanol–water partition coefficient (Wildman–Crippen LogP) is 2.00. The van der Waals surface area contributed by atoms with Crippen molar-refractivity contribution in [2.45, 2.75) is 6.42 Å². The SMILES string of the molecule is NC(=O)c1c(N)sc2c1-c1ccccc1C2. The van der Waals surface area contributed by atoms with E-state index in [1.165, 1.54) is 16.9 Å². The smallest absolute Gasteiger partial charge is 0.252 e. The number of fused-ring (bicyclic) bond motifs is 3. The molecule has 4 N–H and O–H groups in total. The molecule has 0 aliphatic heterocycles. The average molecular weight is 230 g/mol. The maximum absolute atomic E-state index is 11.4. The van der Waals surface area contributed by atoms with Crippen molar-refractivity contribution < 1.29 is 4.79 Å². The second-order valence-electron chi connectivity index (χ2n) is 3.84. The number of nitrogens with two attached hydrogens (primary N) is 2. The zero-order chi connectivity index (χ0) is 11.3. The quantitative estimate of drug-likeness (QED) is 0.671. The Morgan fingerprint density at radius 3 is 2.81 bits per heavy atom. The highest BCUT2D eigenvalue weighted by Gasteiger charge is 2.27. The molecule has 0 fully saturated rings. The van der Waals surface area contributed by atoms with Crippen LogP contribution in [0.2, 0.25) is 0 Å². The van der Waals surface area contributed by atoms with Gasteiger partial charge >= 0.3 is 0 Å². The number of carbonyl (C=O) groups is 1. The van der Waals surface area contributed by atoms with E-state index >= 15 is 0 Å². The van der Waals surface area contributed by atoms with E-state index in [1.807, 2.05) is 18.2 Å². The minimum atomic E-state index is -0.438. The number of thiophene rings is 1. The maximum Gasteiger partial charge on any atom is 0.252 e. The molecule has 80 valence electrons. The number of nitrogen functional groups attached to an aromatic ring is 1. The number of carbonyl (C=O) groups excluding carboxylic acids is 1. The van der Waals surface area contributed by atoms with Gasteiger partial charge in [-0.25, -0.2) is 0 Å². The average Bonchev–Trinajstić information content (AvgIpc) is 2.71. The topological polar surface area (TPSA) is 69.1 Å². The van der Waals surface area contributed by atoms with Crippen molar-refractivity contribution in [2.24, 2.45) is 5.73 Å². The van der Waals surface area contributed by atoms with Gasteiger partial charge in [-0.2, -0.15) is 0 Å². The predicted molar refractivity (Wildman–Crippen MR) is 65.5 cm³/mol. The van der Waals surface area contributed by atoms with Gasteiger partial charge in [0, 0.05) is 16.9 Å². The van der Waals surface area contributed by atoms with Gasteiger partial charge in [-0.05, 0) is 11.1 Å². The van der Waals surface area contributed by atoms with Gasteiger partial charge in [-0.1, -0.05) is 24.3 Å². The molecule has 1 heterocycles. The van der Waals surface area contributed by atoms with Gasteiger partial charge in [0.15, 0.2) is 0 Å². The van der Waals surface area contributed by atoms with E-state index in [4.69, 9.17) is 11.5 Å². The molecule has 1 amide bonds. The van der Waals surface area contributed by atoms with Crippen LogP contribution in [-0.2, 0) is 6.42 Å².